The van der Waals surface area contributed by atoms with Crippen LogP contribution in [0.25, 0.3) is 0 Å². The molecule has 1 N–H and O–H groups in total. The Morgan fingerprint density at radius 3 is 2.09 bits per heavy atom. The molecule has 2 unspecified atom stereocenters. The molecule has 7 atom stereocenters. The van der Waals surface area contributed by atoms with Gasteiger partial charge in [-0.3, -0.25) is 4.55 Å². The molecule has 4 nitrogen and oxygen atoms in total. The van der Waals surface area contributed by atoms with E-state index in [0.29, 0.717) is 5.92 Å². The third kappa shape index (κ3) is 2.84. The van der Waals surface area contributed by atoms with Gasteiger partial charge in [-0.15, -0.1) is 0 Å². The molecule has 4 saturated carbocycles. The van der Waals surface area contributed by atoms with Crippen molar-refractivity contribution in [1.82, 2.24) is 0 Å². The number of hydrogen-bond acceptors (Lipinski definition) is 3. The summed E-state index contributed by atoms with van der Waals surface area (Å²) in [5.41, 5.74) is 0. The van der Waals surface area contributed by atoms with E-state index < -0.39 is 10.4 Å². The van der Waals surface area contributed by atoms with Gasteiger partial charge in [0.1, 0.15) is 0 Å². The Morgan fingerprint density at radius 1 is 0.727 bits per heavy atom. The SMILES string of the molecule is O=S(=O)(O)OC1CC[C@H]2C(CC[C@H]3[C@@H]4CCC[C@H]4CC[C@@H]32)C1. The fourth-order valence-corrected chi connectivity index (χ4v) is 7.21. The van der Waals surface area contributed by atoms with Gasteiger partial charge in [0.05, 0.1) is 6.10 Å². The van der Waals surface area contributed by atoms with Gasteiger partial charge in [-0.1, -0.05) is 12.8 Å². The van der Waals surface area contributed by atoms with E-state index in [-0.39, 0.29) is 6.10 Å². The summed E-state index contributed by atoms with van der Waals surface area (Å²) in [5, 5.41) is 0. The lowest BCUT2D eigenvalue weighted by Gasteiger charge is -2.52. The molecule has 0 spiro atoms. The van der Waals surface area contributed by atoms with Crippen LogP contribution in [0.1, 0.15) is 64.2 Å². The van der Waals surface area contributed by atoms with Crippen molar-refractivity contribution in [3.63, 3.8) is 0 Å². The fourth-order valence-electron chi connectivity index (χ4n) is 6.69. The predicted octanol–water partition coefficient (Wildman–Crippen LogP) is 3.83. The Bertz CT molecular complexity index is 517. The standard InChI is InChI=1S/C17H28O4S/c18-22(19,20)21-13-6-9-15-12(10-13)5-8-16-14-3-1-2-11(14)4-7-17(15)16/h11-17H,1-10H2,(H,18,19,20)/t11-,12?,13?,14+,15-,16-,17+/m0/s1. The molecule has 0 saturated heterocycles. The van der Waals surface area contributed by atoms with Gasteiger partial charge >= 0.3 is 10.4 Å². The maximum Gasteiger partial charge on any atom is 0.397 e. The molecule has 4 aliphatic carbocycles. The summed E-state index contributed by atoms with van der Waals surface area (Å²) in [6, 6.07) is 0. The van der Waals surface area contributed by atoms with Gasteiger partial charge in [-0.05, 0) is 86.9 Å². The van der Waals surface area contributed by atoms with Crippen molar-refractivity contribution >= 4 is 10.4 Å². The van der Waals surface area contributed by atoms with Crippen LogP contribution in [-0.4, -0.2) is 19.1 Å². The van der Waals surface area contributed by atoms with Crippen LogP contribution >= 0.6 is 0 Å². The third-order valence-corrected chi connectivity index (χ3v) is 7.88. The lowest BCUT2D eigenvalue weighted by Crippen LogP contribution is -2.45. The second kappa shape index (κ2) is 5.75. The van der Waals surface area contributed by atoms with Crippen molar-refractivity contribution < 1.29 is 17.2 Å². The second-order valence-corrected chi connectivity index (χ2v) is 9.27. The number of hydrogen-bond donors (Lipinski definition) is 1. The van der Waals surface area contributed by atoms with Crippen LogP contribution in [0.5, 0.6) is 0 Å². The van der Waals surface area contributed by atoms with Crippen LogP contribution in [0.15, 0.2) is 0 Å². The van der Waals surface area contributed by atoms with Gasteiger partial charge in [0.25, 0.3) is 0 Å². The van der Waals surface area contributed by atoms with Crippen molar-refractivity contribution in [2.45, 2.75) is 70.3 Å². The Kier molecular flexibility index (Phi) is 4.02. The summed E-state index contributed by atoms with van der Waals surface area (Å²) in [5.74, 6) is 5.22. The van der Waals surface area contributed by atoms with Gasteiger partial charge in [0, 0.05) is 0 Å². The normalized spacial score (nSPS) is 48.3. The zero-order chi connectivity index (χ0) is 15.3. The highest BCUT2D eigenvalue weighted by atomic mass is 32.3. The van der Waals surface area contributed by atoms with Gasteiger partial charge in [-0.25, -0.2) is 4.18 Å². The van der Waals surface area contributed by atoms with Crippen LogP contribution in [0.3, 0.4) is 0 Å². The van der Waals surface area contributed by atoms with Crippen molar-refractivity contribution in [1.29, 1.82) is 0 Å². The molecule has 0 aliphatic heterocycles. The third-order valence-electron chi connectivity index (χ3n) is 7.36. The van der Waals surface area contributed by atoms with Gasteiger partial charge in [-0.2, -0.15) is 8.42 Å². The molecule has 0 heterocycles. The van der Waals surface area contributed by atoms with Crippen LogP contribution in [0.4, 0.5) is 0 Å². The number of rotatable bonds is 2. The van der Waals surface area contributed by atoms with Crippen molar-refractivity contribution in [3.8, 4) is 0 Å². The van der Waals surface area contributed by atoms with E-state index in [0.717, 1.165) is 48.9 Å². The maximum absolute atomic E-state index is 10.9. The minimum Gasteiger partial charge on any atom is -0.264 e. The van der Waals surface area contributed by atoms with Crippen LogP contribution in [0.2, 0.25) is 0 Å². The van der Waals surface area contributed by atoms with Gasteiger partial charge < -0.3 is 0 Å². The average molecular weight is 328 g/mol. The van der Waals surface area contributed by atoms with Crippen LogP contribution in [-0.2, 0) is 14.6 Å². The molecular weight excluding hydrogens is 300 g/mol. The largest absolute Gasteiger partial charge is 0.397 e. The molecule has 0 radical (unpaired) electrons. The summed E-state index contributed by atoms with van der Waals surface area (Å²) in [6.07, 6.45) is 12.2. The van der Waals surface area contributed by atoms with Crippen molar-refractivity contribution in [2.24, 2.45) is 35.5 Å². The highest BCUT2D eigenvalue weighted by Crippen LogP contribution is 2.57. The first-order valence-electron chi connectivity index (χ1n) is 9.17. The number of fused-ring (bicyclic) bond motifs is 5. The molecule has 0 aromatic heterocycles. The molecule has 0 bridgehead atoms. The molecule has 5 heteroatoms. The predicted molar refractivity (Wildman–Crippen MR) is 83.5 cm³/mol. The summed E-state index contributed by atoms with van der Waals surface area (Å²) in [7, 11) is -4.30. The van der Waals surface area contributed by atoms with Crippen molar-refractivity contribution in [2.75, 3.05) is 0 Å². The van der Waals surface area contributed by atoms with Gasteiger partial charge in [0.15, 0.2) is 0 Å². The molecule has 126 valence electrons. The zero-order valence-corrected chi connectivity index (χ0v) is 14.0. The second-order valence-electron chi connectivity index (χ2n) is 8.22. The fraction of sp³-hybridized carbons (Fsp3) is 1.00. The molecule has 4 fully saturated rings. The topological polar surface area (TPSA) is 63.6 Å². The summed E-state index contributed by atoms with van der Waals surface area (Å²) in [6.45, 7) is 0. The first-order valence-corrected chi connectivity index (χ1v) is 10.5. The first-order chi connectivity index (χ1) is 10.5. The van der Waals surface area contributed by atoms with E-state index in [1.807, 2.05) is 0 Å². The Labute approximate surface area is 134 Å². The molecule has 22 heavy (non-hydrogen) atoms. The smallest absolute Gasteiger partial charge is 0.264 e. The molecule has 0 amide bonds. The van der Waals surface area contributed by atoms with Crippen LogP contribution in [0, 0.1) is 35.5 Å². The summed E-state index contributed by atoms with van der Waals surface area (Å²) in [4.78, 5) is 0. The Morgan fingerprint density at radius 2 is 1.36 bits per heavy atom. The molecular formula is C17H28O4S. The highest BCUT2D eigenvalue weighted by molar-refractivity contribution is 7.80. The molecule has 0 aromatic carbocycles. The minimum absolute atomic E-state index is 0.296. The lowest BCUT2D eigenvalue weighted by atomic mass is 9.53. The highest BCUT2D eigenvalue weighted by Gasteiger charge is 2.49. The molecule has 0 aromatic rings. The Balaban J connectivity index is 1.44. The van der Waals surface area contributed by atoms with E-state index in [2.05, 4.69) is 0 Å². The van der Waals surface area contributed by atoms with E-state index in [9.17, 15) is 8.42 Å². The van der Waals surface area contributed by atoms with E-state index in [1.165, 1.54) is 44.9 Å². The summed E-state index contributed by atoms with van der Waals surface area (Å²) < 4.78 is 35.7. The summed E-state index contributed by atoms with van der Waals surface area (Å²) >= 11 is 0. The quantitative estimate of drug-likeness (QED) is 0.783. The van der Waals surface area contributed by atoms with Crippen molar-refractivity contribution in [3.05, 3.63) is 0 Å². The van der Waals surface area contributed by atoms with E-state index >= 15 is 0 Å². The van der Waals surface area contributed by atoms with Crippen LogP contribution < -0.4 is 0 Å². The van der Waals surface area contributed by atoms with E-state index in [1.54, 1.807) is 0 Å². The molecule has 4 rings (SSSR count). The average Bonchev–Trinajstić information content (AvgIpc) is 2.93. The first kappa shape index (κ1) is 15.4. The lowest BCUT2D eigenvalue weighted by molar-refractivity contribution is -0.0413. The Hall–Kier alpha value is -0.130. The van der Waals surface area contributed by atoms with E-state index in [4.69, 9.17) is 8.74 Å². The monoisotopic (exact) mass is 328 g/mol. The van der Waals surface area contributed by atoms with Gasteiger partial charge in [0.2, 0.25) is 0 Å². The zero-order valence-electron chi connectivity index (χ0n) is 13.2. The minimum atomic E-state index is -4.30. The molecule has 4 aliphatic rings. The maximum atomic E-state index is 10.9.